The van der Waals surface area contributed by atoms with Crippen molar-refractivity contribution in [3.63, 3.8) is 0 Å². The Morgan fingerprint density at radius 3 is 2.60 bits per heavy atom. The van der Waals surface area contributed by atoms with E-state index >= 15 is 0 Å². The average molecular weight is 280 g/mol. The molecule has 2 amide bonds. The van der Waals surface area contributed by atoms with Crippen LogP contribution in [0.15, 0.2) is 18.3 Å². The van der Waals surface area contributed by atoms with E-state index in [0.717, 1.165) is 5.82 Å². The topological polar surface area (TPSA) is 77.5 Å². The van der Waals surface area contributed by atoms with Gasteiger partial charge < -0.3 is 20.6 Å². The van der Waals surface area contributed by atoms with Crippen molar-refractivity contribution in [1.82, 2.24) is 10.3 Å². The number of aliphatic hydroxyl groups excluding tert-OH is 1. The molecule has 1 heterocycles. The number of anilines is 2. The fourth-order valence-corrected chi connectivity index (χ4v) is 1.61. The minimum absolute atomic E-state index is 0.117. The van der Waals surface area contributed by atoms with Gasteiger partial charge in [0.15, 0.2) is 0 Å². The molecule has 0 saturated heterocycles. The Labute approximate surface area is 120 Å². The van der Waals surface area contributed by atoms with Crippen LogP contribution in [0, 0.1) is 5.41 Å². The van der Waals surface area contributed by atoms with Crippen molar-refractivity contribution >= 4 is 17.5 Å². The molecule has 0 aliphatic heterocycles. The summed E-state index contributed by atoms with van der Waals surface area (Å²) >= 11 is 0. The summed E-state index contributed by atoms with van der Waals surface area (Å²) in [5.41, 5.74) is 0.520. The molecule has 0 aromatic carbocycles. The molecule has 3 N–H and O–H groups in total. The zero-order chi connectivity index (χ0) is 15.2. The Bertz CT molecular complexity index is 429. The van der Waals surface area contributed by atoms with Crippen LogP contribution >= 0.6 is 0 Å². The first-order chi connectivity index (χ1) is 9.34. The number of carbonyl (C=O) groups excluding carboxylic acids is 1. The summed E-state index contributed by atoms with van der Waals surface area (Å²) in [6.45, 7) is 4.61. The first-order valence-corrected chi connectivity index (χ1v) is 6.63. The Balaban J connectivity index is 2.46. The Morgan fingerprint density at radius 2 is 2.10 bits per heavy atom. The summed E-state index contributed by atoms with van der Waals surface area (Å²) in [6, 6.07) is 3.38. The summed E-state index contributed by atoms with van der Waals surface area (Å²) in [7, 11) is 3.82. The average Bonchev–Trinajstić information content (AvgIpc) is 2.37. The number of hydrogen-bond acceptors (Lipinski definition) is 4. The Hall–Kier alpha value is -1.82. The van der Waals surface area contributed by atoms with Crippen molar-refractivity contribution in [3.05, 3.63) is 18.3 Å². The molecule has 0 bridgehead atoms. The summed E-state index contributed by atoms with van der Waals surface area (Å²) < 4.78 is 0. The van der Waals surface area contributed by atoms with Gasteiger partial charge in [-0.2, -0.15) is 0 Å². The SMILES string of the molecule is CN(C)c1ccc(NC(=O)NCC(C)(C)CCO)cn1. The first kappa shape index (κ1) is 16.2. The third-order valence-corrected chi connectivity index (χ3v) is 2.98. The maximum absolute atomic E-state index is 11.8. The molecule has 0 spiro atoms. The van der Waals surface area contributed by atoms with Crippen molar-refractivity contribution in [1.29, 1.82) is 0 Å². The number of carbonyl (C=O) groups is 1. The first-order valence-electron chi connectivity index (χ1n) is 6.63. The van der Waals surface area contributed by atoms with E-state index in [9.17, 15) is 4.79 Å². The van der Waals surface area contributed by atoms with Crippen LogP contribution < -0.4 is 15.5 Å². The molecule has 112 valence electrons. The van der Waals surface area contributed by atoms with Crippen LogP contribution in [0.4, 0.5) is 16.3 Å². The van der Waals surface area contributed by atoms with Crippen LogP contribution in [0.25, 0.3) is 0 Å². The Morgan fingerprint density at radius 1 is 1.40 bits per heavy atom. The lowest BCUT2D eigenvalue weighted by Crippen LogP contribution is -2.37. The van der Waals surface area contributed by atoms with Crippen LogP contribution in [0.2, 0.25) is 0 Å². The highest BCUT2D eigenvalue weighted by molar-refractivity contribution is 5.89. The summed E-state index contributed by atoms with van der Waals surface area (Å²) in [6.07, 6.45) is 2.26. The van der Waals surface area contributed by atoms with Crippen LogP contribution in [0.5, 0.6) is 0 Å². The van der Waals surface area contributed by atoms with Crippen molar-refractivity contribution in [3.8, 4) is 0 Å². The molecule has 0 fully saturated rings. The van der Waals surface area contributed by atoms with E-state index in [1.54, 1.807) is 12.3 Å². The van der Waals surface area contributed by atoms with Crippen molar-refractivity contribution in [2.45, 2.75) is 20.3 Å². The normalized spacial score (nSPS) is 11.1. The molecule has 0 atom stereocenters. The summed E-state index contributed by atoms with van der Waals surface area (Å²) in [5, 5.41) is 14.5. The van der Waals surface area contributed by atoms with Gasteiger partial charge in [-0.3, -0.25) is 0 Å². The lowest BCUT2D eigenvalue weighted by molar-refractivity contribution is 0.204. The number of rotatable bonds is 6. The highest BCUT2D eigenvalue weighted by Gasteiger charge is 2.18. The lowest BCUT2D eigenvalue weighted by atomic mass is 9.90. The van der Waals surface area contributed by atoms with Gasteiger partial charge in [0.2, 0.25) is 0 Å². The van der Waals surface area contributed by atoms with Gasteiger partial charge in [0.25, 0.3) is 0 Å². The zero-order valence-electron chi connectivity index (χ0n) is 12.6. The number of amides is 2. The van der Waals surface area contributed by atoms with Gasteiger partial charge in [0.05, 0.1) is 11.9 Å². The summed E-state index contributed by atoms with van der Waals surface area (Å²) in [5.74, 6) is 0.833. The molecule has 0 radical (unpaired) electrons. The predicted octanol–water partition coefficient (Wildman–Crippen LogP) is 1.68. The Kier molecular flexibility index (Phi) is 5.76. The molecule has 0 unspecified atom stereocenters. The van der Waals surface area contributed by atoms with Crippen molar-refractivity contribution in [2.24, 2.45) is 5.41 Å². The molecule has 0 aliphatic carbocycles. The monoisotopic (exact) mass is 280 g/mol. The minimum atomic E-state index is -0.268. The van der Waals surface area contributed by atoms with E-state index in [1.807, 2.05) is 38.9 Å². The second-order valence-electron chi connectivity index (χ2n) is 5.74. The highest BCUT2D eigenvalue weighted by atomic mass is 16.3. The van der Waals surface area contributed by atoms with E-state index in [4.69, 9.17) is 5.11 Å². The molecular formula is C14H24N4O2. The zero-order valence-corrected chi connectivity index (χ0v) is 12.6. The predicted molar refractivity (Wildman–Crippen MR) is 81.1 cm³/mol. The largest absolute Gasteiger partial charge is 0.396 e. The third-order valence-electron chi connectivity index (χ3n) is 2.98. The van der Waals surface area contributed by atoms with Gasteiger partial charge in [0, 0.05) is 27.2 Å². The lowest BCUT2D eigenvalue weighted by Gasteiger charge is -2.23. The van der Waals surface area contributed by atoms with Gasteiger partial charge in [0.1, 0.15) is 5.82 Å². The second-order valence-corrected chi connectivity index (χ2v) is 5.74. The van der Waals surface area contributed by atoms with Gasteiger partial charge in [-0.05, 0) is 24.0 Å². The van der Waals surface area contributed by atoms with Crippen LogP contribution in [0.1, 0.15) is 20.3 Å². The molecule has 6 heteroatoms. The van der Waals surface area contributed by atoms with Crippen LogP contribution in [0.3, 0.4) is 0 Å². The second kappa shape index (κ2) is 7.09. The van der Waals surface area contributed by atoms with Gasteiger partial charge >= 0.3 is 6.03 Å². The molecule has 1 aromatic rings. The maximum Gasteiger partial charge on any atom is 0.319 e. The number of urea groups is 1. The van der Waals surface area contributed by atoms with Crippen molar-refractivity contribution in [2.75, 3.05) is 37.5 Å². The number of aliphatic hydroxyl groups is 1. The van der Waals surface area contributed by atoms with Crippen LogP contribution in [-0.2, 0) is 0 Å². The van der Waals surface area contributed by atoms with Crippen LogP contribution in [-0.4, -0.2) is 43.4 Å². The number of nitrogens with zero attached hydrogens (tertiary/aromatic N) is 2. The number of hydrogen-bond donors (Lipinski definition) is 3. The van der Waals surface area contributed by atoms with E-state index in [2.05, 4.69) is 15.6 Å². The van der Waals surface area contributed by atoms with Crippen molar-refractivity contribution < 1.29 is 9.90 Å². The fourth-order valence-electron chi connectivity index (χ4n) is 1.61. The highest BCUT2D eigenvalue weighted by Crippen LogP contribution is 2.18. The summed E-state index contributed by atoms with van der Waals surface area (Å²) in [4.78, 5) is 17.9. The molecule has 1 rings (SSSR count). The van der Waals surface area contributed by atoms with Gasteiger partial charge in [-0.1, -0.05) is 13.8 Å². The molecule has 1 aromatic heterocycles. The fraction of sp³-hybridized carbons (Fsp3) is 0.571. The molecule has 0 aliphatic rings. The number of aromatic nitrogens is 1. The molecule has 20 heavy (non-hydrogen) atoms. The van der Waals surface area contributed by atoms with Gasteiger partial charge in [-0.25, -0.2) is 9.78 Å². The number of pyridine rings is 1. The molecule has 6 nitrogen and oxygen atoms in total. The van der Waals surface area contributed by atoms with E-state index in [0.29, 0.717) is 18.7 Å². The molecular weight excluding hydrogens is 256 g/mol. The van der Waals surface area contributed by atoms with E-state index < -0.39 is 0 Å². The smallest absolute Gasteiger partial charge is 0.319 e. The minimum Gasteiger partial charge on any atom is -0.396 e. The quantitative estimate of drug-likeness (QED) is 0.741. The van der Waals surface area contributed by atoms with E-state index in [1.165, 1.54) is 0 Å². The number of nitrogens with one attached hydrogen (secondary N) is 2. The van der Waals surface area contributed by atoms with E-state index in [-0.39, 0.29) is 18.1 Å². The third kappa shape index (κ3) is 5.44. The maximum atomic E-state index is 11.8. The standard InChI is InChI=1S/C14H24N4O2/c1-14(2,7-8-19)10-16-13(20)17-11-5-6-12(15-9-11)18(3)4/h5-6,9,19H,7-8,10H2,1-4H3,(H2,16,17,20). The van der Waals surface area contributed by atoms with Gasteiger partial charge in [-0.15, -0.1) is 0 Å². The molecule has 0 saturated carbocycles.